The van der Waals surface area contributed by atoms with Gasteiger partial charge in [-0.15, -0.1) is 12.4 Å². The van der Waals surface area contributed by atoms with Gasteiger partial charge in [0.1, 0.15) is 0 Å². The minimum atomic E-state index is -0.0542. The molecule has 5 heteroatoms. The van der Waals surface area contributed by atoms with E-state index >= 15 is 0 Å². The molecule has 2 aromatic carbocycles. The molecule has 1 aliphatic heterocycles. The Hall–Kier alpha value is -2.17. The van der Waals surface area contributed by atoms with Crippen LogP contribution in [0.2, 0.25) is 0 Å². The van der Waals surface area contributed by atoms with Crippen molar-refractivity contribution >= 4 is 23.2 Å². The van der Waals surface area contributed by atoms with Crippen LogP contribution in [0.3, 0.4) is 0 Å². The third-order valence-corrected chi connectivity index (χ3v) is 4.32. The van der Waals surface area contributed by atoms with E-state index in [2.05, 4.69) is 28.6 Å². The Morgan fingerprint density at radius 3 is 2.70 bits per heavy atom. The highest BCUT2D eigenvalue weighted by Crippen LogP contribution is 2.27. The average Bonchev–Trinajstić information content (AvgIpc) is 2.58. The van der Waals surface area contributed by atoms with Gasteiger partial charge in [0, 0.05) is 24.5 Å². The molecule has 1 N–H and O–H groups in total. The molecule has 0 fully saturated rings. The minimum absolute atomic E-state index is 0. The maximum absolute atomic E-state index is 12.2. The summed E-state index contributed by atoms with van der Waals surface area (Å²) >= 11 is 0. The third-order valence-electron chi connectivity index (χ3n) is 4.32. The molecule has 23 heavy (non-hydrogen) atoms. The number of nitrogens with zero attached hydrogens (tertiary/aromatic N) is 2. The molecule has 0 bridgehead atoms. The summed E-state index contributed by atoms with van der Waals surface area (Å²) in [7, 11) is 1.71. The first-order valence-electron chi connectivity index (χ1n) is 7.53. The van der Waals surface area contributed by atoms with Crippen LogP contribution in [0.15, 0.2) is 47.3 Å². The van der Waals surface area contributed by atoms with Gasteiger partial charge >= 0.3 is 0 Å². The number of rotatable bonds is 1. The molecule has 118 valence electrons. The predicted molar refractivity (Wildman–Crippen MR) is 95.1 cm³/mol. The molecule has 4 rings (SSSR count). The van der Waals surface area contributed by atoms with Crippen molar-refractivity contribution in [2.24, 2.45) is 7.05 Å². The van der Waals surface area contributed by atoms with Crippen molar-refractivity contribution in [2.45, 2.75) is 13.0 Å². The maximum Gasteiger partial charge on any atom is 0.274 e. The molecular weight excluding hydrogens is 310 g/mol. The summed E-state index contributed by atoms with van der Waals surface area (Å²) < 4.78 is 1.43. The Morgan fingerprint density at radius 2 is 1.87 bits per heavy atom. The lowest BCUT2D eigenvalue weighted by Crippen LogP contribution is -2.23. The van der Waals surface area contributed by atoms with Crippen LogP contribution in [0.5, 0.6) is 0 Å². The van der Waals surface area contributed by atoms with Gasteiger partial charge in [0.05, 0.1) is 11.1 Å². The quantitative estimate of drug-likeness (QED) is 0.747. The van der Waals surface area contributed by atoms with Crippen molar-refractivity contribution in [3.05, 3.63) is 63.9 Å². The number of nitrogens with one attached hydrogen (secondary N) is 1. The standard InChI is InChI=1S/C18H17N3O.ClH/c1-21-18(22)16-5-3-2-4-15(16)17(20-21)13-6-7-14-11-19-9-8-12(14)10-13;/h2-7,10,19H,8-9,11H2,1H3;1H. The molecule has 0 atom stereocenters. The summed E-state index contributed by atoms with van der Waals surface area (Å²) in [6.45, 7) is 1.94. The molecular formula is C18H18ClN3O. The second-order valence-electron chi connectivity index (χ2n) is 5.73. The fourth-order valence-electron chi connectivity index (χ4n) is 3.14. The van der Waals surface area contributed by atoms with Crippen LogP contribution >= 0.6 is 12.4 Å². The largest absolute Gasteiger partial charge is 0.312 e. The summed E-state index contributed by atoms with van der Waals surface area (Å²) in [6, 6.07) is 14.2. The van der Waals surface area contributed by atoms with Crippen molar-refractivity contribution in [3.8, 4) is 11.3 Å². The molecule has 0 radical (unpaired) electrons. The number of benzene rings is 2. The lowest BCUT2D eigenvalue weighted by molar-refractivity contribution is 0.644. The average molecular weight is 328 g/mol. The Balaban J connectivity index is 0.00000156. The molecule has 1 aromatic heterocycles. The zero-order chi connectivity index (χ0) is 15.1. The fraction of sp³-hybridized carbons (Fsp3) is 0.222. The molecule has 0 spiro atoms. The minimum Gasteiger partial charge on any atom is -0.312 e. The Labute approximate surface area is 140 Å². The first-order chi connectivity index (χ1) is 10.7. The van der Waals surface area contributed by atoms with E-state index in [0.717, 1.165) is 41.5 Å². The van der Waals surface area contributed by atoms with E-state index in [0.29, 0.717) is 0 Å². The summed E-state index contributed by atoms with van der Waals surface area (Å²) in [5, 5.41) is 9.53. The van der Waals surface area contributed by atoms with E-state index in [1.165, 1.54) is 15.8 Å². The summed E-state index contributed by atoms with van der Waals surface area (Å²) in [5.74, 6) is 0. The Morgan fingerprint density at radius 1 is 1.09 bits per heavy atom. The topological polar surface area (TPSA) is 46.9 Å². The van der Waals surface area contributed by atoms with Crippen molar-refractivity contribution in [2.75, 3.05) is 6.54 Å². The van der Waals surface area contributed by atoms with E-state index in [-0.39, 0.29) is 18.0 Å². The number of aryl methyl sites for hydroxylation is 1. The highest BCUT2D eigenvalue weighted by atomic mass is 35.5. The number of hydrogen-bond acceptors (Lipinski definition) is 3. The van der Waals surface area contributed by atoms with Crippen LogP contribution in [0.4, 0.5) is 0 Å². The van der Waals surface area contributed by atoms with Crippen LogP contribution in [0, 0.1) is 0 Å². The van der Waals surface area contributed by atoms with Gasteiger partial charge in [0.15, 0.2) is 0 Å². The van der Waals surface area contributed by atoms with Crippen molar-refractivity contribution in [1.29, 1.82) is 0 Å². The van der Waals surface area contributed by atoms with E-state index in [1.54, 1.807) is 7.05 Å². The monoisotopic (exact) mass is 327 g/mol. The second-order valence-corrected chi connectivity index (χ2v) is 5.73. The van der Waals surface area contributed by atoms with Gasteiger partial charge in [-0.2, -0.15) is 5.10 Å². The number of fused-ring (bicyclic) bond motifs is 2. The van der Waals surface area contributed by atoms with Gasteiger partial charge in [0.25, 0.3) is 5.56 Å². The molecule has 2 heterocycles. The second kappa shape index (κ2) is 6.14. The van der Waals surface area contributed by atoms with E-state index < -0.39 is 0 Å². The predicted octanol–water partition coefficient (Wildman–Crippen LogP) is 2.67. The van der Waals surface area contributed by atoms with Crippen molar-refractivity contribution in [3.63, 3.8) is 0 Å². The summed E-state index contributed by atoms with van der Waals surface area (Å²) in [4.78, 5) is 12.2. The molecule has 0 unspecified atom stereocenters. The zero-order valence-electron chi connectivity index (χ0n) is 12.9. The zero-order valence-corrected chi connectivity index (χ0v) is 13.7. The normalized spacial score (nSPS) is 13.4. The molecule has 4 nitrogen and oxygen atoms in total. The van der Waals surface area contributed by atoms with E-state index in [4.69, 9.17) is 0 Å². The van der Waals surface area contributed by atoms with E-state index in [9.17, 15) is 4.79 Å². The van der Waals surface area contributed by atoms with Crippen molar-refractivity contribution < 1.29 is 0 Å². The lowest BCUT2D eigenvalue weighted by atomic mass is 9.96. The van der Waals surface area contributed by atoms with Crippen LogP contribution in [0.1, 0.15) is 11.1 Å². The van der Waals surface area contributed by atoms with Crippen LogP contribution in [-0.4, -0.2) is 16.3 Å². The van der Waals surface area contributed by atoms with Gasteiger partial charge in [-0.25, -0.2) is 4.68 Å². The van der Waals surface area contributed by atoms with Gasteiger partial charge < -0.3 is 5.32 Å². The highest BCUT2D eigenvalue weighted by molar-refractivity contribution is 5.93. The fourth-order valence-corrected chi connectivity index (χ4v) is 3.14. The van der Waals surface area contributed by atoms with Gasteiger partial charge in [0.2, 0.25) is 0 Å². The molecule has 0 aliphatic carbocycles. The van der Waals surface area contributed by atoms with Gasteiger partial charge in [-0.3, -0.25) is 4.79 Å². The third kappa shape index (κ3) is 2.64. The SMILES string of the molecule is Cl.Cn1nc(-c2ccc3c(c2)CCNC3)c2ccccc2c1=O. The number of halogens is 1. The first-order valence-corrected chi connectivity index (χ1v) is 7.53. The highest BCUT2D eigenvalue weighted by Gasteiger charge is 2.14. The first kappa shape index (κ1) is 15.7. The molecule has 3 aromatic rings. The Kier molecular flexibility index (Phi) is 4.20. The summed E-state index contributed by atoms with van der Waals surface area (Å²) in [6.07, 6.45) is 1.03. The molecule has 0 amide bonds. The molecule has 0 saturated heterocycles. The lowest BCUT2D eigenvalue weighted by Gasteiger charge is -2.18. The maximum atomic E-state index is 12.2. The van der Waals surface area contributed by atoms with Crippen molar-refractivity contribution in [1.82, 2.24) is 15.1 Å². The number of aromatic nitrogens is 2. The van der Waals surface area contributed by atoms with Crippen LogP contribution < -0.4 is 10.9 Å². The summed E-state index contributed by atoms with van der Waals surface area (Å²) in [5.41, 5.74) is 4.62. The van der Waals surface area contributed by atoms with Gasteiger partial charge in [-0.05, 0) is 36.2 Å². The smallest absolute Gasteiger partial charge is 0.274 e. The molecule has 0 saturated carbocycles. The molecule has 1 aliphatic rings. The van der Waals surface area contributed by atoms with E-state index in [1.807, 2.05) is 24.3 Å². The Bertz CT molecular complexity index is 933. The van der Waals surface area contributed by atoms with Crippen LogP contribution in [-0.2, 0) is 20.0 Å². The number of hydrogen-bond donors (Lipinski definition) is 1. The van der Waals surface area contributed by atoms with Gasteiger partial charge in [-0.1, -0.05) is 30.3 Å². The van der Waals surface area contributed by atoms with Crippen LogP contribution in [0.25, 0.3) is 22.0 Å².